The standard InChI is InChI=1S/C20H21ClN4O3/c21-13-3-4-17-14(7-13)15(10-25(17)9-12-1-2-12)20-23-16(11-28-20)19(26)24-18-8-22-5-6-27-18/h3-4,7,10-12,18,22H,1-2,5-6,8-9H2,(H,24,26). The summed E-state index contributed by atoms with van der Waals surface area (Å²) in [5.41, 5.74) is 2.17. The number of oxazole rings is 1. The molecule has 1 aromatic carbocycles. The van der Waals surface area contributed by atoms with Crippen LogP contribution >= 0.6 is 11.6 Å². The number of carbonyl (C=O) groups is 1. The number of carbonyl (C=O) groups excluding carboxylic acids is 1. The molecule has 2 N–H and O–H groups in total. The summed E-state index contributed by atoms with van der Waals surface area (Å²) in [6.07, 6.45) is 5.60. The zero-order valence-electron chi connectivity index (χ0n) is 15.3. The van der Waals surface area contributed by atoms with Crippen molar-refractivity contribution in [3.05, 3.63) is 41.4 Å². The largest absolute Gasteiger partial charge is 0.444 e. The van der Waals surface area contributed by atoms with Crippen LogP contribution in [0.3, 0.4) is 0 Å². The highest BCUT2D eigenvalue weighted by Crippen LogP contribution is 2.36. The molecule has 1 saturated heterocycles. The van der Waals surface area contributed by atoms with Crippen LogP contribution in [0.4, 0.5) is 0 Å². The Morgan fingerprint density at radius 3 is 3.07 bits per heavy atom. The highest BCUT2D eigenvalue weighted by Gasteiger charge is 2.25. The first-order chi connectivity index (χ1) is 13.7. The Hall–Kier alpha value is -2.35. The number of amides is 1. The SMILES string of the molecule is O=C(NC1CNCCO1)c1coc(-c2cn(CC3CC3)c3ccc(Cl)cc23)n1. The number of aromatic nitrogens is 2. The van der Waals surface area contributed by atoms with E-state index in [4.69, 9.17) is 20.8 Å². The van der Waals surface area contributed by atoms with Gasteiger partial charge in [0.25, 0.3) is 5.91 Å². The predicted octanol–water partition coefficient (Wildman–Crippen LogP) is 3.04. The molecule has 3 heterocycles. The summed E-state index contributed by atoms with van der Waals surface area (Å²) in [5, 5.41) is 7.62. The van der Waals surface area contributed by atoms with E-state index in [0.717, 1.165) is 35.5 Å². The van der Waals surface area contributed by atoms with Crippen molar-refractivity contribution < 1.29 is 13.9 Å². The number of ether oxygens (including phenoxy) is 1. The minimum Gasteiger partial charge on any atom is -0.444 e. The third kappa shape index (κ3) is 3.53. The Bertz CT molecular complexity index is 1020. The van der Waals surface area contributed by atoms with Gasteiger partial charge in [0, 0.05) is 41.8 Å². The number of hydrogen-bond acceptors (Lipinski definition) is 5. The second kappa shape index (κ2) is 7.24. The summed E-state index contributed by atoms with van der Waals surface area (Å²) in [4.78, 5) is 16.9. The molecule has 1 unspecified atom stereocenters. The fourth-order valence-electron chi connectivity index (χ4n) is 3.55. The van der Waals surface area contributed by atoms with Gasteiger partial charge in [0.05, 0.1) is 12.2 Å². The maximum absolute atomic E-state index is 12.5. The minimum absolute atomic E-state index is 0.231. The van der Waals surface area contributed by atoms with Crippen molar-refractivity contribution in [3.8, 4) is 11.5 Å². The monoisotopic (exact) mass is 400 g/mol. The lowest BCUT2D eigenvalue weighted by Gasteiger charge is -2.23. The molecule has 1 saturated carbocycles. The average Bonchev–Trinajstić information content (AvgIpc) is 3.25. The molecule has 5 rings (SSSR count). The molecule has 2 aliphatic rings. The lowest BCUT2D eigenvalue weighted by atomic mass is 10.2. The van der Waals surface area contributed by atoms with Crippen LogP contribution in [0.5, 0.6) is 0 Å². The molecule has 7 nitrogen and oxygen atoms in total. The summed E-state index contributed by atoms with van der Waals surface area (Å²) in [6.45, 7) is 2.89. The van der Waals surface area contributed by atoms with Crippen molar-refractivity contribution in [2.45, 2.75) is 25.6 Å². The fourth-order valence-corrected chi connectivity index (χ4v) is 3.72. The highest BCUT2D eigenvalue weighted by molar-refractivity contribution is 6.31. The number of rotatable bonds is 5. The van der Waals surface area contributed by atoms with E-state index in [2.05, 4.69) is 20.2 Å². The minimum atomic E-state index is -0.360. The number of nitrogens with zero attached hydrogens (tertiary/aromatic N) is 2. The summed E-state index contributed by atoms with van der Waals surface area (Å²) in [5.74, 6) is 0.826. The lowest BCUT2D eigenvalue weighted by molar-refractivity contribution is 0.00820. The molecule has 1 aliphatic carbocycles. The molecule has 2 fully saturated rings. The molecule has 0 radical (unpaired) electrons. The molecule has 146 valence electrons. The first-order valence-corrected chi connectivity index (χ1v) is 9.92. The van der Waals surface area contributed by atoms with E-state index in [1.165, 1.54) is 19.1 Å². The summed E-state index contributed by atoms with van der Waals surface area (Å²) >= 11 is 6.23. The van der Waals surface area contributed by atoms with E-state index in [0.29, 0.717) is 24.1 Å². The Labute approximate surface area is 167 Å². The van der Waals surface area contributed by atoms with E-state index in [-0.39, 0.29) is 17.8 Å². The molecule has 3 aromatic rings. The van der Waals surface area contributed by atoms with Gasteiger partial charge in [0.1, 0.15) is 12.5 Å². The average molecular weight is 401 g/mol. The summed E-state index contributed by atoms with van der Waals surface area (Å²) in [6, 6.07) is 5.83. The van der Waals surface area contributed by atoms with Gasteiger partial charge in [-0.1, -0.05) is 11.6 Å². The highest BCUT2D eigenvalue weighted by atomic mass is 35.5. The van der Waals surface area contributed by atoms with Gasteiger partial charge in [-0.25, -0.2) is 4.98 Å². The number of morpholine rings is 1. The van der Waals surface area contributed by atoms with Gasteiger partial charge >= 0.3 is 0 Å². The van der Waals surface area contributed by atoms with Crippen LogP contribution in [0.25, 0.3) is 22.4 Å². The van der Waals surface area contributed by atoms with Gasteiger partial charge in [-0.15, -0.1) is 0 Å². The molecule has 28 heavy (non-hydrogen) atoms. The van der Waals surface area contributed by atoms with Gasteiger partial charge in [-0.2, -0.15) is 0 Å². The van der Waals surface area contributed by atoms with E-state index in [9.17, 15) is 4.79 Å². The number of benzene rings is 1. The van der Waals surface area contributed by atoms with E-state index in [1.54, 1.807) is 0 Å². The first kappa shape index (κ1) is 17.7. The van der Waals surface area contributed by atoms with Crippen molar-refractivity contribution in [1.82, 2.24) is 20.2 Å². The van der Waals surface area contributed by atoms with E-state index < -0.39 is 0 Å². The molecular formula is C20H21ClN4O3. The molecule has 1 amide bonds. The molecule has 0 bridgehead atoms. The Morgan fingerprint density at radius 1 is 1.39 bits per heavy atom. The molecule has 0 spiro atoms. The molecular weight excluding hydrogens is 380 g/mol. The van der Waals surface area contributed by atoms with Crippen molar-refractivity contribution in [3.63, 3.8) is 0 Å². The quantitative estimate of drug-likeness (QED) is 0.688. The third-order valence-electron chi connectivity index (χ3n) is 5.18. The Kier molecular flexibility index (Phi) is 4.58. The number of halogens is 1. The second-order valence-electron chi connectivity index (χ2n) is 7.37. The lowest BCUT2D eigenvalue weighted by Crippen LogP contribution is -2.49. The predicted molar refractivity (Wildman–Crippen MR) is 105 cm³/mol. The molecule has 1 atom stereocenters. The first-order valence-electron chi connectivity index (χ1n) is 9.55. The van der Waals surface area contributed by atoms with E-state index in [1.807, 2.05) is 24.4 Å². The normalized spacial score (nSPS) is 19.8. The summed E-state index contributed by atoms with van der Waals surface area (Å²) < 4.78 is 13.4. The van der Waals surface area contributed by atoms with Crippen LogP contribution in [-0.2, 0) is 11.3 Å². The molecule has 1 aliphatic heterocycles. The molecule has 2 aromatic heterocycles. The number of hydrogen-bond donors (Lipinski definition) is 2. The zero-order chi connectivity index (χ0) is 19.1. The van der Waals surface area contributed by atoms with Gasteiger partial charge in [-0.05, 0) is 37.0 Å². The van der Waals surface area contributed by atoms with Crippen LogP contribution < -0.4 is 10.6 Å². The van der Waals surface area contributed by atoms with Gasteiger partial charge in [-0.3, -0.25) is 4.79 Å². The maximum Gasteiger partial charge on any atom is 0.275 e. The third-order valence-corrected chi connectivity index (χ3v) is 5.42. The van der Waals surface area contributed by atoms with Crippen molar-refractivity contribution in [2.75, 3.05) is 19.7 Å². The Morgan fingerprint density at radius 2 is 2.29 bits per heavy atom. The van der Waals surface area contributed by atoms with Gasteiger partial charge in [0.2, 0.25) is 5.89 Å². The van der Waals surface area contributed by atoms with Crippen LogP contribution in [0.2, 0.25) is 5.02 Å². The summed E-state index contributed by atoms with van der Waals surface area (Å²) in [7, 11) is 0. The Balaban J connectivity index is 1.43. The second-order valence-corrected chi connectivity index (χ2v) is 7.81. The van der Waals surface area contributed by atoms with Gasteiger partial charge in [0.15, 0.2) is 5.69 Å². The van der Waals surface area contributed by atoms with Crippen molar-refractivity contribution >= 4 is 28.4 Å². The smallest absolute Gasteiger partial charge is 0.275 e. The van der Waals surface area contributed by atoms with Crippen LogP contribution in [0.15, 0.2) is 35.1 Å². The van der Waals surface area contributed by atoms with Crippen LogP contribution in [0, 0.1) is 5.92 Å². The van der Waals surface area contributed by atoms with Crippen molar-refractivity contribution in [1.29, 1.82) is 0 Å². The van der Waals surface area contributed by atoms with Crippen LogP contribution in [0.1, 0.15) is 23.3 Å². The molecule has 8 heteroatoms. The fraction of sp³-hybridized carbons (Fsp3) is 0.400. The topological polar surface area (TPSA) is 81.3 Å². The van der Waals surface area contributed by atoms with Crippen LogP contribution in [-0.4, -0.2) is 41.4 Å². The number of nitrogens with one attached hydrogen (secondary N) is 2. The zero-order valence-corrected chi connectivity index (χ0v) is 16.0. The van der Waals surface area contributed by atoms with Gasteiger partial charge < -0.3 is 24.4 Å². The maximum atomic E-state index is 12.5. The van der Waals surface area contributed by atoms with Crippen molar-refractivity contribution in [2.24, 2.45) is 5.92 Å². The van der Waals surface area contributed by atoms with E-state index >= 15 is 0 Å². The number of fused-ring (bicyclic) bond motifs is 1.